The van der Waals surface area contributed by atoms with Crippen LogP contribution in [-0.2, 0) is 0 Å². The van der Waals surface area contributed by atoms with Crippen molar-refractivity contribution >= 4 is 5.69 Å². The highest BCUT2D eigenvalue weighted by molar-refractivity contribution is 5.56. The topological polar surface area (TPSA) is 44.5 Å². The van der Waals surface area contributed by atoms with Gasteiger partial charge in [0.05, 0.1) is 12.3 Å². The molecule has 21 heavy (non-hydrogen) atoms. The molecule has 2 N–H and O–H groups in total. The minimum atomic E-state index is 0.518. The molecule has 0 heterocycles. The zero-order chi connectivity index (χ0) is 15.2. The van der Waals surface area contributed by atoms with Crippen molar-refractivity contribution in [2.24, 2.45) is 0 Å². The molecule has 2 aromatic rings. The third kappa shape index (κ3) is 4.15. The third-order valence-corrected chi connectivity index (χ3v) is 3.23. The van der Waals surface area contributed by atoms with Gasteiger partial charge in [-0.2, -0.15) is 0 Å². The van der Waals surface area contributed by atoms with Gasteiger partial charge in [0.25, 0.3) is 0 Å². The zero-order valence-electron chi connectivity index (χ0n) is 12.9. The number of benzene rings is 2. The number of nitrogens with two attached hydrogens (primary N) is 1. The minimum absolute atomic E-state index is 0.518. The molecule has 0 amide bonds. The van der Waals surface area contributed by atoms with Gasteiger partial charge < -0.3 is 15.2 Å². The van der Waals surface area contributed by atoms with E-state index in [-0.39, 0.29) is 0 Å². The maximum Gasteiger partial charge on any atom is 0.145 e. The van der Waals surface area contributed by atoms with Crippen molar-refractivity contribution in [1.82, 2.24) is 0 Å². The van der Waals surface area contributed by atoms with Gasteiger partial charge in [-0.1, -0.05) is 32.9 Å². The first-order chi connectivity index (χ1) is 10.1. The van der Waals surface area contributed by atoms with Gasteiger partial charge in [-0.05, 0) is 42.2 Å². The smallest absolute Gasteiger partial charge is 0.145 e. The molecule has 2 aromatic carbocycles. The van der Waals surface area contributed by atoms with E-state index < -0.39 is 0 Å². The van der Waals surface area contributed by atoms with Gasteiger partial charge in [0.2, 0.25) is 0 Å². The summed E-state index contributed by atoms with van der Waals surface area (Å²) in [6, 6.07) is 13.6. The second kappa shape index (κ2) is 7.02. The van der Waals surface area contributed by atoms with Crippen molar-refractivity contribution in [3.8, 4) is 17.2 Å². The lowest BCUT2D eigenvalue weighted by Crippen LogP contribution is -1.99. The van der Waals surface area contributed by atoms with E-state index in [1.165, 1.54) is 5.56 Å². The summed E-state index contributed by atoms with van der Waals surface area (Å²) in [7, 11) is 0. The summed E-state index contributed by atoms with van der Waals surface area (Å²) in [5, 5.41) is 0. The lowest BCUT2D eigenvalue weighted by molar-refractivity contribution is 0.317. The maximum atomic E-state index is 5.90. The van der Waals surface area contributed by atoms with E-state index in [4.69, 9.17) is 15.2 Å². The molecule has 0 aromatic heterocycles. The van der Waals surface area contributed by atoms with Crippen molar-refractivity contribution in [2.75, 3.05) is 12.3 Å². The predicted octanol–water partition coefficient (Wildman–Crippen LogP) is 4.97. The number of hydrogen-bond acceptors (Lipinski definition) is 3. The molecule has 0 radical (unpaired) electrons. The zero-order valence-corrected chi connectivity index (χ0v) is 12.9. The van der Waals surface area contributed by atoms with Crippen molar-refractivity contribution < 1.29 is 9.47 Å². The summed E-state index contributed by atoms with van der Waals surface area (Å²) in [4.78, 5) is 0. The van der Waals surface area contributed by atoms with Crippen LogP contribution in [-0.4, -0.2) is 6.61 Å². The van der Waals surface area contributed by atoms with E-state index in [2.05, 4.69) is 32.9 Å². The fourth-order valence-electron chi connectivity index (χ4n) is 1.97. The molecular formula is C18H23NO2. The summed E-state index contributed by atoms with van der Waals surface area (Å²) in [6.07, 6.45) is 0.946. The summed E-state index contributed by atoms with van der Waals surface area (Å²) in [5.41, 5.74) is 7.82. The Balaban J connectivity index is 2.11. The van der Waals surface area contributed by atoms with Crippen LogP contribution in [0.3, 0.4) is 0 Å². The first-order valence-corrected chi connectivity index (χ1v) is 7.40. The summed E-state index contributed by atoms with van der Waals surface area (Å²) in [5.74, 6) is 2.73. The van der Waals surface area contributed by atoms with Crippen molar-refractivity contribution in [3.05, 3.63) is 48.0 Å². The molecule has 0 aliphatic rings. The lowest BCUT2D eigenvalue weighted by Gasteiger charge is -2.12. The number of anilines is 1. The van der Waals surface area contributed by atoms with Crippen LogP contribution in [0.25, 0.3) is 0 Å². The van der Waals surface area contributed by atoms with Crippen LogP contribution >= 0.6 is 0 Å². The molecule has 112 valence electrons. The molecule has 0 saturated carbocycles. The summed E-state index contributed by atoms with van der Waals surface area (Å²) >= 11 is 0. The van der Waals surface area contributed by atoms with Gasteiger partial charge in [-0.3, -0.25) is 0 Å². The van der Waals surface area contributed by atoms with Crippen LogP contribution in [0, 0.1) is 0 Å². The Morgan fingerprint density at radius 1 is 1.00 bits per heavy atom. The van der Waals surface area contributed by atoms with Crippen LogP contribution in [0.15, 0.2) is 42.5 Å². The molecule has 2 rings (SSSR count). The van der Waals surface area contributed by atoms with Crippen molar-refractivity contribution in [3.63, 3.8) is 0 Å². The van der Waals surface area contributed by atoms with Gasteiger partial charge in [-0.15, -0.1) is 0 Å². The van der Waals surface area contributed by atoms with Gasteiger partial charge >= 0.3 is 0 Å². The van der Waals surface area contributed by atoms with E-state index in [1.54, 1.807) is 0 Å². The van der Waals surface area contributed by atoms with E-state index in [9.17, 15) is 0 Å². The molecule has 0 aliphatic carbocycles. The van der Waals surface area contributed by atoms with E-state index >= 15 is 0 Å². The van der Waals surface area contributed by atoms with Crippen LogP contribution in [0.4, 0.5) is 5.69 Å². The standard InChI is InChI=1S/C18H23NO2/c1-4-11-20-18-12-16(9-10-17(18)19)21-15-7-5-14(6-8-15)13(2)3/h5-10,12-13H,4,11,19H2,1-3H3. The predicted molar refractivity (Wildman–Crippen MR) is 87.2 cm³/mol. The SMILES string of the molecule is CCCOc1cc(Oc2ccc(C(C)C)cc2)ccc1N. The average Bonchev–Trinajstić information content (AvgIpc) is 2.48. The fraction of sp³-hybridized carbons (Fsp3) is 0.333. The van der Waals surface area contributed by atoms with E-state index in [0.29, 0.717) is 24.0 Å². The lowest BCUT2D eigenvalue weighted by atomic mass is 10.0. The molecule has 0 aliphatic heterocycles. The number of hydrogen-bond donors (Lipinski definition) is 1. The molecule has 0 unspecified atom stereocenters. The molecule has 3 nitrogen and oxygen atoms in total. The maximum absolute atomic E-state index is 5.90. The molecule has 0 spiro atoms. The Morgan fingerprint density at radius 3 is 2.29 bits per heavy atom. The highest BCUT2D eigenvalue weighted by Crippen LogP contribution is 2.30. The highest BCUT2D eigenvalue weighted by Gasteiger charge is 2.05. The second-order valence-corrected chi connectivity index (χ2v) is 5.37. The number of rotatable bonds is 6. The van der Waals surface area contributed by atoms with Crippen LogP contribution in [0.5, 0.6) is 17.2 Å². The van der Waals surface area contributed by atoms with Gasteiger partial charge in [-0.25, -0.2) is 0 Å². The Hall–Kier alpha value is -2.16. The number of ether oxygens (including phenoxy) is 2. The van der Waals surface area contributed by atoms with Crippen LogP contribution in [0.2, 0.25) is 0 Å². The molecular weight excluding hydrogens is 262 g/mol. The normalized spacial score (nSPS) is 10.7. The molecule has 0 saturated heterocycles. The number of nitrogen functional groups attached to an aromatic ring is 1. The highest BCUT2D eigenvalue weighted by atomic mass is 16.5. The molecule has 0 atom stereocenters. The summed E-state index contributed by atoms with van der Waals surface area (Å²) in [6.45, 7) is 7.06. The monoisotopic (exact) mass is 285 g/mol. The Bertz CT molecular complexity index is 576. The van der Waals surface area contributed by atoms with Crippen molar-refractivity contribution in [2.45, 2.75) is 33.1 Å². The van der Waals surface area contributed by atoms with Gasteiger partial charge in [0, 0.05) is 6.07 Å². The Morgan fingerprint density at radius 2 is 1.67 bits per heavy atom. The largest absolute Gasteiger partial charge is 0.491 e. The minimum Gasteiger partial charge on any atom is -0.491 e. The molecule has 3 heteroatoms. The van der Waals surface area contributed by atoms with Crippen LogP contribution < -0.4 is 15.2 Å². The van der Waals surface area contributed by atoms with E-state index in [1.807, 2.05) is 30.3 Å². The quantitative estimate of drug-likeness (QED) is 0.762. The summed E-state index contributed by atoms with van der Waals surface area (Å²) < 4.78 is 11.5. The first kappa shape index (κ1) is 15.2. The Kier molecular flexibility index (Phi) is 5.09. The average molecular weight is 285 g/mol. The second-order valence-electron chi connectivity index (χ2n) is 5.37. The fourth-order valence-corrected chi connectivity index (χ4v) is 1.97. The van der Waals surface area contributed by atoms with Crippen molar-refractivity contribution in [1.29, 1.82) is 0 Å². The van der Waals surface area contributed by atoms with Gasteiger partial charge in [0.15, 0.2) is 0 Å². The Labute approximate surface area is 126 Å². The van der Waals surface area contributed by atoms with Crippen LogP contribution in [0.1, 0.15) is 38.7 Å². The van der Waals surface area contributed by atoms with E-state index in [0.717, 1.165) is 17.9 Å². The third-order valence-electron chi connectivity index (χ3n) is 3.23. The first-order valence-electron chi connectivity index (χ1n) is 7.40. The molecule has 0 bridgehead atoms. The van der Waals surface area contributed by atoms with Gasteiger partial charge in [0.1, 0.15) is 17.2 Å². The molecule has 0 fully saturated rings.